The highest BCUT2D eigenvalue weighted by Crippen LogP contribution is 2.58. The number of aromatic amines is 1. The maximum atomic E-state index is 12.1. The van der Waals surface area contributed by atoms with Crippen LogP contribution in [0.1, 0.15) is 24.2 Å². The summed E-state index contributed by atoms with van der Waals surface area (Å²) in [6.07, 6.45) is 1.23. The molecule has 0 radical (unpaired) electrons. The van der Waals surface area contributed by atoms with Gasteiger partial charge in [-0.15, -0.1) is 0 Å². The minimum absolute atomic E-state index is 0.0891. The van der Waals surface area contributed by atoms with Crippen LogP contribution in [0.15, 0.2) is 6.20 Å². The molecule has 108 valence electrons. The van der Waals surface area contributed by atoms with Crippen molar-refractivity contribution in [2.75, 3.05) is 12.4 Å². The molecule has 1 aliphatic rings. The van der Waals surface area contributed by atoms with Crippen LogP contribution in [0.4, 0.5) is 5.82 Å². The molecule has 1 amide bonds. The fourth-order valence-corrected chi connectivity index (χ4v) is 2.44. The lowest BCUT2D eigenvalue weighted by atomic mass is 10.1. The Morgan fingerprint density at radius 2 is 2.05 bits per heavy atom. The molecule has 0 aliphatic heterocycles. The number of rotatable bonds is 4. The van der Waals surface area contributed by atoms with E-state index in [4.69, 9.17) is 5.11 Å². The molecule has 1 aliphatic carbocycles. The quantitative estimate of drug-likeness (QED) is 0.690. The normalized spacial score (nSPS) is 22.9. The van der Waals surface area contributed by atoms with Crippen molar-refractivity contribution in [3.8, 4) is 0 Å². The number of nitrogens with zero attached hydrogens (tertiary/aromatic N) is 1. The summed E-state index contributed by atoms with van der Waals surface area (Å²) >= 11 is 0. The first-order chi connectivity index (χ1) is 9.30. The van der Waals surface area contributed by atoms with Crippen LogP contribution in [-0.4, -0.2) is 40.3 Å². The van der Waals surface area contributed by atoms with Gasteiger partial charge in [0.15, 0.2) is 0 Å². The average Bonchev–Trinajstić information content (AvgIpc) is 2.71. The van der Waals surface area contributed by atoms with Gasteiger partial charge in [0.2, 0.25) is 5.91 Å². The fraction of sp³-hybridized carbons (Fsp3) is 0.500. The van der Waals surface area contributed by atoms with Gasteiger partial charge >= 0.3 is 11.9 Å². The van der Waals surface area contributed by atoms with Crippen molar-refractivity contribution in [2.24, 2.45) is 17.3 Å². The number of aliphatic carboxylic acids is 1. The Labute approximate surface area is 114 Å². The molecule has 1 fully saturated rings. The Morgan fingerprint density at radius 1 is 1.40 bits per heavy atom. The van der Waals surface area contributed by atoms with Crippen LogP contribution >= 0.6 is 0 Å². The van der Waals surface area contributed by atoms with Crippen LogP contribution in [-0.2, 0) is 14.3 Å². The third-order valence-electron chi connectivity index (χ3n) is 3.67. The first kappa shape index (κ1) is 14.0. The first-order valence-corrected chi connectivity index (χ1v) is 5.96. The van der Waals surface area contributed by atoms with E-state index >= 15 is 0 Å². The third-order valence-corrected chi connectivity index (χ3v) is 3.67. The Kier molecular flexibility index (Phi) is 3.24. The minimum Gasteiger partial charge on any atom is -0.481 e. The summed E-state index contributed by atoms with van der Waals surface area (Å²) in [5.74, 6) is -3.38. The molecule has 20 heavy (non-hydrogen) atoms. The number of hydrogen-bond acceptors (Lipinski definition) is 5. The van der Waals surface area contributed by atoms with E-state index < -0.39 is 35.1 Å². The van der Waals surface area contributed by atoms with Gasteiger partial charge in [0, 0.05) is 0 Å². The number of hydrogen-bond donors (Lipinski definition) is 3. The van der Waals surface area contributed by atoms with Gasteiger partial charge in [-0.3, -0.25) is 14.7 Å². The Morgan fingerprint density at radius 3 is 2.55 bits per heavy atom. The van der Waals surface area contributed by atoms with Gasteiger partial charge < -0.3 is 15.2 Å². The summed E-state index contributed by atoms with van der Waals surface area (Å²) in [6, 6.07) is 0. The Bertz CT molecular complexity index is 577. The van der Waals surface area contributed by atoms with Crippen LogP contribution in [0.5, 0.6) is 0 Å². The number of carbonyl (C=O) groups is 3. The molecule has 1 saturated carbocycles. The molecular weight excluding hydrogens is 266 g/mol. The first-order valence-electron chi connectivity index (χ1n) is 5.96. The summed E-state index contributed by atoms with van der Waals surface area (Å²) in [4.78, 5) is 34.6. The van der Waals surface area contributed by atoms with E-state index in [-0.39, 0.29) is 11.4 Å². The Balaban J connectivity index is 2.13. The number of carboxylic acid groups (broad SMARTS) is 1. The van der Waals surface area contributed by atoms with Crippen LogP contribution in [0.3, 0.4) is 0 Å². The molecule has 8 heteroatoms. The van der Waals surface area contributed by atoms with E-state index in [1.165, 1.54) is 13.3 Å². The third kappa shape index (κ3) is 2.13. The maximum Gasteiger partial charge on any atom is 0.343 e. The largest absolute Gasteiger partial charge is 0.481 e. The van der Waals surface area contributed by atoms with Gasteiger partial charge in [-0.25, -0.2) is 4.79 Å². The zero-order valence-electron chi connectivity index (χ0n) is 11.3. The molecule has 3 N–H and O–H groups in total. The number of aromatic nitrogens is 2. The van der Waals surface area contributed by atoms with Crippen molar-refractivity contribution in [1.82, 2.24) is 10.2 Å². The second-order valence-corrected chi connectivity index (χ2v) is 5.25. The topological polar surface area (TPSA) is 121 Å². The van der Waals surface area contributed by atoms with Crippen molar-refractivity contribution in [2.45, 2.75) is 13.8 Å². The highest BCUT2D eigenvalue weighted by atomic mass is 16.5. The number of amides is 1. The van der Waals surface area contributed by atoms with Crippen LogP contribution in [0.2, 0.25) is 0 Å². The van der Waals surface area contributed by atoms with Gasteiger partial charge in [-0.1, -0.05) is 13.8 Å². The average molecular weight is 281 g/mol. The molecule has 1 aromatic rings. The van der Waals surface area contributed by atoms with Crippen molar-refractivity contribution in [3.63, 3.8) is 0 Å². The van der Waals surface area contributed by atoms with Crippen molar-refractivity contribution in [3.05, 3.63) is 11.8 Å². The molecule has 2 rings (SSSR count). The van der Waals surface area contributed by atoms with Crippen molar-refractivity contribution < 1.29 is 24.2 Å². The molecule has 1 heterocycles. The van der Waals surface area contributed by atoms with E-state index in [0.717, 1.165) is 0 Å². The monoisotopic (exact) mass is 281 g/mol. The van der Waals surface area contributed by atoms with Crippen LogP contribution in [0, 0.1) is 17.3 Å². The van der Waals surface area contributed by atoms with Gasteiger partial charge in [-0.05, 0) is 5.41 Å². The van der Waals surface area contributed by atoms with E-state index in [2.05, 4.69) is 20.3 Å². The van der Waals surface area contributed by atoms with Gasteiger partial charge in [0.05, 0.1) is 25.1 Å². The number of methoxy groups -OCH3 is 1. The van der Waals surface area contributed by atoms with E-state index in [1.54, 1.807) is 13.8 Å². The summed E-state index contributed by atoms with van der Waals surface area (Å²) in [7, 11) is 1.21. The summed E-state index contributed by atoms with van der Waals surface area (Å²) < 4.78 is 4.55. The molecule has 0 bridgehead atoms. The number of carboxylic acids is 1. The van der Waals surface area contributed by atoms with E-state index in [0.29, 0.717) is 0 Å². The molecule has 0 aromatic carbocycles. The van der Waals surface area contributed by atoms with Gasteiger partial charge in [0.25, 0.3) is 0 Å². The molecular formula is C12H15N3O5. The Hall–Kier alpha value is -2.38. The lowest BCUT2D eigenvalue weighted by Crippen LogP contribution is -2.19. The lowest BCUT2D eigenvalue weighted by molar-refractivity contribution is -0.140. The van der Waals surface area contributed by atoms with Gasteiger partial charge in [0.1, 0.15) is 11.4 Å². The number of ether oxygens (including phenoxy) is 1. The molecule has 0 spiro atoms. The second kappa shape index (κ2) is 4.62. The van der Waals surface area contributed by atoms with Crippen molar-refractivity contribution in [1.29, 1.82) is 0 Å². The predicted octanol–water partition coefficient (Wildman–Crippen LogP) is 0.492. The molecule has 1 aromatic heterocycles. The molecule has 0 saturated heterocycles. The highest BCUT2D eigenvalue weighted by Gasteiger charge is 2.66. The molecule has 8 nitrogen and oxygen atoms in total. The number of nitrogens with one attached hydrogen (secondary N) is 2. The van der Waals surface area contributed by atoms with Crippen molar-refractivity contribution >= 4 is 23.7 Å². The highest BCUT2D eigenvalue weighted by molar-refractivity contribution is 6.03. The number of anilines is 1. The SMILES string of the molecule is COC(=O)c1cn[nH]c1NC(=O)[C@H]1[C@@H](C(=O)O)C1(C)C. The number of H-pyrrole nitrogens is 1. The maximum absolute atomic E-state index is 12.1. The fourth-order valence-electron chi connectivity index (χ4n) is 2.44. The predicted molar refractivity (Wildman–Crippen MR) is 67.0 cm³/mol. The zero-order valence-corrected chi connectivity index (χ0v) is 11.3. The van der Waals surface area contributed by atoms with Crippen LogP contribution < -0.4 is 5.32 Å². The number of esters is 1. The number of carbonyl (C=O) groups excluding carboxylic acids is 2. The zero-order chi connectivity index (χ0) is 15.1. The summed E-state index contributed by atoms with van der Waals surface area (Å²) in [5.41, 5.74) is -0.521. The minimum atomic E-state index is -1.01. The van der Waals surface area contributed by atoms with Crippen LogP contribution in [0.25, 0.3) is 0 Å². The summed E-state index contributed by atoms with van der Waals surface area (Å²) in [5, 5.41) is 17.7. The lowest BCUT2D eigenvalue weighted by Gasteiger charge is -2.05. The second-order valence-electron chi connectivity index (χ2n) is 5.25. The molecule has 2 atom stereocenters. The van der Waals surface area contributed by atoms with E-state index in [9.17, 15) is 14.4 Å². The molecule has 0 unspecified atom stereocenters. The standard InChI is InChI=1S/C12H15N3O5/c1-12(2)6(7(12)10(17)18)9(16)14-8-5(4-13-15-8)11(19)20-3/h4,6-7H,1-3H3,(H,17,18)(H2,13,14,15,16)/t6-,7+/m1/s1. The summed E-state index contributed by atoms with van der Waals surface area (Å²) in [6.45, 7) is 3.43. The smallest absolute Gasteiger partial charge is 0.343 e. The van der Waals surface area contributed by atoms with Gasteiger partial charge in [-0.2, -0.15) is 5.10 Å². The van der Waals surface area contributed by atoms with E-state index in [1.807, 2.05) is 0 Å².